The van der Waals surface area contributed by atoms with Gasteiger partial charge in [0.2, 0.25) is 0 Å². The second-order valence-electron chi connectivity index (χ2n) is 4.86. The monoisotopic (exact) mass is 288 g/mol. The van der Waals surface area contributed by atoms with Crippen LogP contribution in [0.4, 0.5) is 8.78 Å². The summed E-state index contributed by atoms with van der Waals surface area (Å²) in [6.07, 6.45) is 2.06. The Morgan fingerprint density at radius 3 is 2.67 bits per heavy atom. The van der Waals surface area contributed by atoms with Gasteiger partial charge >= 0.3 is 0 Å². The van der Waals surface area contributed by atoms with Crippen LogP contribution in [0.2, 0.25) is 0 Å². The number of hydrogen-bond donors (Lipinski definition) is 2. The quantitative estimate of drug-likeness (QED) is 0.571. The number of hydrogen-bond acceptors (Lipinski definition) is 3. The third-order valence-corrected chi connectivity index (χ3v) is 3.51. The van der Waals surface area contributed by atoms with Gasteiger partial charge in [0.25, 0.3) is 0 Å². The molecule has 108 valence electrons. The van der Waals surface area contributed by atoms with Gasteiger partial charge in [0.1, 0.15) is 5.58 Å². The molecule has 21 heavy (non-hydrogen) atoms. The van der Waals surface area contributed by atoms with E-state index in [0.717, 1.165) is 22.6 Å². The van der Waals surface area contributed by atoms with Gasteiger partial charge in [0, 0.05) is 10.9 Å². The summed E-state index contributed by atoms with van der Waals surface area (Å²) in [7, 11) is 0. The Kier molecular flexibility index (Phi) is 3.68. The summed E-state index contributed by atoms with van der Waals surface area (Å²) < 4.78 is 31.7. The first-order valence-electron chi connectivity index (χ1n) is 6.55. The number of nitrogens with two attached hydrogens (primary N) is 1. The number of benzene rings is 2. The van der Waals surface area contributed by atoms with Crippen LogP contribution < -0.4 is 11.3 Å². The molecule has 0 saturated carbocycles. The fourth-order valence-corrected chi connectivity index (χ4v) is 2.43. The third-order valence-electron chi connectivity index (χ3n) is 3.51. The molecule has 0 aliphatic rings. The first kappa shape index (κ1) is 13.7. The van der Waals surface area contributed by atoms with Crippen LogP contribution >= 0.6 is 0 Å². The van der Waals surface area contributed by atoms with E-state index in [4.69, 9.17) is 10.3 Å². The summed E-state index contributed by atoms with van der Waals surface area (Å²) in [6, 6.07) is 11.2. The molecule has 3 N–H and O–H groups in total. The molecular weight excluding hydrogens is 274 g/mol. The first-order chi connectivity index (χ1) is 10.2. The molecule has 0 aliphatic carbocycles. The van der Waals surface area contributed by atoms with Crippen molar-refractivity contribution in [1.29, 1.82) is 0 Å². The van der Waals surface area contributed by atoms with Crippen LogP contribution in [0.1, 0.15) is 17.2 Å². The maximum absolute atomic E-state index is 13.3. The zero-order valence-corrected chi connectivity index (χ0v) is 11.1. The number of nitrogens with one attached hydrogen (secondary N) is 1. The molecule has 3 rings (SSSR count). The lowest BCUT2D eigenvalue weighted by atomic mass is 9.99. The third kappa shape index (κ3) is 2.66. The van der Waals surface area contributed by atoms with Gasteiger partial charge in [-0.15, -0.1) is 0 Å². The number of halogens is 2. The van der Waals surface area contributed by atoms with Gasteiger partial charge in [-0.05, 0) is 30.2 Å². The van der Waals surface area contributed by atoms with Crippen LogP contribution in [0, 0.1) is 11.6 Å². The maximum atomic E-state index is 13.3. The smallest absolute Gasteiger partial charge is 0.159 e. The van der Waals surface area contributed by atoms with E-state index in [-0.39, 0.29) is 6.04 Å². The van der Waals surface area contributed by atoms with Crippen LogP contribution in [-0.2, 0) is 6.42 Å². The van der Waals surface area contributed by atoms with Gasteiger partial charge < -0.3 is 4.42 Å². The Hall–Kier alpha value is -2.24. The molecule has 1 atom stereocenters. The van der Waals surface area contributed by atoms with Gasteiger partial charge in [0.05, 0.1) is 12.3 Å². The number of fused-ring (bicyclic) bond motifs is 1. The predicted octanol–water partition coefficient (Wildman–Crippen LogP) is 3.46. The molecule has 0 amide bonds. The van der Waals surface area contributed by atoms with Crippen molar-refractivity contribution in [2.45, 2.75) is 12.5 Å². The van der Waals surface area contributed by atoms with E-state index < -0.39 is 11.6 Å². The van der Waals surface area contributed by atoms with E-state index in [1.807, 2.05) is 24.3 Å². The van der Waals surface area contributed by atoms with Crippen molar-refractivity contribution in [2.75, 3.05) is 0 Å². The van der Waals surface area contributed by atoms with E-state index in [2.05, 4.69) is 5.43 Å². The van der Waals surface area contributed by atoms with Gasteiger partial charge in [-0.2, -0.15) is 0 Å². The topological polar surface area (TPSA) is 51.2 Å². The molecule has 0 spiro atoms. The number of furan rings is 1. The van der Waals surface area contributed by atoms with Crippen LogP contribution in [-0.4, -0.2) is 0 Å². The van der Waals surface area contributed by atoms with Crippen molar-refractivity contribution in [2.24, 2.45) is 5.84 Å². The molecule has 1 aromatic heterocycles. The molecule has 0 saturated heterocycles. The molecule has 3 aromatic rings. The summed E-state index contributed by atoms with van der Waals surface area (Å²) in [5.74, 6) is 3.89. The largest absolute Gasteiger partial charge is 0.464 e. The van der Waals surface area contributed by atoms with Crippen molar-refractivity contribution in [3.8, 4) is 0 Å². The highest BCUT2D eigenvalue weighted by molar-refractivity contribution is 5.81. The SMILES string of the molecule is NNC(Cc1ccc(F)c(F)c1)c1coc2ccccc12. The zero-order valence-electron chi connectivity index (χ0n) is 11.1. The van der Waals surface area contributed by atoms with Crippen molar-refractivity contribution in [1.82, 2.24) is 5.43 Å². The second-order valence-corrected chi connectivity index (χ2v) is 4.86. The molecule has 0 bridgehead atoms. The lowest BCUT2D eigenvalue weighted by Crippen LogP contribution is -2.29. The molecule has 0 aliphatic heterocycles. The second kappa shape index (κ2) is 5.63. The number of para-hydroxylation sites is 1. The van der Waals surface area contributed by atoms with Crippen LogP contribution in [0.25, 0.3) is 11.0 Å². The average Bonchev–Trinajstić information content (AvgIpc) is 2.92. The Morgan fingerprint density at radius 1 is 1.10 bits per heavy atom. The van der Waals surface area contributed by atoms with Crippen molar-refractivity contribution in [3.05, 3.63) is 71.5 Å². The number of hydrazine groups is 1. The summed E-state index contributed by atoms with van der Waals surface area (Å²) in [5.41, 5.74) is 5.01. The van der Waals surface area contributed by atoms with Crippen molar-refractivity contribution < 1.29 is 13.2 Å². The van der Waals surface area contributed by atoms with E-state index in [9.17, 15) is 8.78 Å². The Balaban J connectivity index is 1.93. The summed E-state index contributed by atoms with van der Waals surface area (Å²) in [5, 5.41) is 0.947. The van der Waals surface area contributed by atoms with Gasteiger partial charge in [-0.25, -0.2) is 8.78 Å². The van der Waals surface area contributed by atoms with Crippen LogP contribution in [0.3, 0.4) is 0 Å². The minimum Gasteiger partial charge on any atom is -0.464 e. The first-order valence-corrected chi connectivity index (χ1v) is 6.55. The molecular formula is C16H14F2N2O. The highest BCUT2D eigenvalue weighted by atomic mass is 19.2. The van der Waals surface area contributed by atoms with Crippen LogP contribution in [0.5, 0.6) is 0 Å². The zero-order chi connectivity index (χ0) is 14.8. The number of rotatable bonds is 4. The van der Waals surface area contributed by atoms with Crippen molar-refractivity contribution >= 4 is 11.0 Å². The highest BCUT2D eigenvalue weighted by Crippen LogP contribution is 2.28. The molecule has 5 heteroatoms. The van der Waals surface area contributed by atoms with Crippen molar-refractivity contribution in [3.63, 3.8) is 0 Å². The summed E-state index contributed by atoms with van der Waals surface area (Å²) >= 11 is 0. The Bertz CT molecular complexity index is 770. The molecule has 1 heterocycles. The van der Waals surface area contributed by atoms with E-state index in [1.165, 1.54) is 6.07 Å². The standard InChI is InChI=1S/C16H14F2N2O/c17-13-6-5-10(7-14(13)18)8-15(20-19)12-9-21-16-4-2-1-3-11(12)16/h1-7,9,15,20H,8,19H2. The lowest BCUT2D eigenvalue weighted by Gasteiger charge is -2.15. The highest BCUT2D eigenvalue weighted by Gasteiger charge is 2.17. The fourth-order valence-electron chi connectivity index (χ4n) is 2.43. The van der Waals surface area contributed by atoms with E-state index in [0.29, 0.717) is 12.0 Å². The average molecular weight is 288 g/mol. The van der Waals surface area contributed by atoms with Crippen LogP contribution in [0.15, 0.2) is 53.1 Å². The Labute approximate surface area is 120 Å². The van der Waals surface area contributed by atoms with E-state index in [1.54, 1.807) is 12.3 Å². The van der Waals surface area contributed by atoms with E-state index >= 15 is 0 Å². The minimum absolute atomic E-state index is 0.251. The van der Waals surface area contributed by atoms with Gasteiger partial charge in [-0.1, -0.05) is 24.3 Å². The van der Waals surface area contributed by atoms with Gasteiger partial charge in [0.15, 0.2) is 11.6 Å². The molecule has 3 nitrogen and oxygen atoms in total. The van der Waals surface area contributed by atoms with Gasteiger partial charge in [-0.3, -0.25) is 11.3 Å². The molecule has 0 radical (unpaired) electrons. The predicted molar refractivity (Wildman–Crippen MR) is 76.3 cm³/mol. The summed E-state index contributed by atoms with van der Waals surface area (Å²) in [4.78, 5) is 0. The Morgan fingerprint density at radius 2 is 1.90 bits per heavy atom. The molecule has 1 unspecified atom stereocenters. The lowest BCUT2D eigenvalue weighted by molar-refractivity contribution is 0.501. The normalized spacial score (nSPS) is 12.7. The molecule has 2 aromatic carbocycles. The fraction of sp³-hybridized carbons (Fsp3) is 0.125. The minimum atomic E-state index is -0.861. The maximum Gasteiger partial charge on any atom is 0.159 e. The summed E-state index contributed by atoms with van der Waals surface area (Å²) in [6.45, 7) is 0. The molecule has 0 fully saturated rings.